The largest absolute Gasteiger partial charge is 0.376 e. The van der Waals surface area contributed by atoms with Crippen molar-refractivity contribution in [2.75, 3.05) is 24.8 Å². The fourth-order valence-corrected chi connectivity index (χ4v) is 2.91. The molecule has 1 saturated heterocycles. The van der Waals surface area contributed by atoms with Crippen molar-refractivity contribution in [3.63, 3.8) is 0 Å². The van der Waals surface area contributed by atoms with E-state index in [1.54, 1.807) is 11.8 Å². The number of carbonyl (C=O) groups excluding carboxylic acids is 1. The van der Waals surface area contributed by atoms with Crippen LogP contribution in [-0.2, 0) is 16.1 Å². The fourth-order valence-electron chi connectivity index (χ4n) is 1.97. The van der Waals surface area contributed by atoms with E-state index in [0.717, 1.165) is 11.6 Å². The highest BCUT2D eigenvalue weighted by molar-refractivity contribution is 7.99. The molecule has 4 nitrogen and oxygen atoms in total. The number of thioether (sulfide) groups is 1. The van der Waals surface area contributed by atoms with Crippen LogP contribution in [0, 0.1) is 5.92 Å². The molecular formula is C15H23ClN2O2S. The van der Waals surface area contributed by atoms with E-state index in [9.17, 15) is 4.79 Å². The Balaban J connectivity index is 0.00000220. The van der Waals surface area contributed by atoms with Crippen molar-refractivity contribution in [2.45, 2.75) is 19.6 Å². The van der Waals surface area contributed by atoms with Gasteiger partial charge in [-0.15, -0.1) is 24.2 Å². The minimum absolute atomic E-state index is 0. The average molecular weight is 331 g/mol. The first-order chi connectivity index (χ1) is 9.75. The van der Waals surface area contributed by atoms with Crippen molar-refractivity contribution in [2.24, 2.45) is 5.92 Å². The van der Waals surface area contributed by atoms with Gasteiger partial charge in [-0.05, 0) is 11.5 Å². The van der Waals surface area contributed by atoms with Crippen molar-refractivity contribution in [1.82, 2.24) is 10.6 Å². The van der Waals surface area contributed by atoms with Crippen LogP contribution in [0.25, 0.3) is 0 Å². The molecule has 1 aromatic rings. The quantitative estimate of drug-likeness (QED) is 0.803. The monoisotopic (exact) mass is 330 g/mol. The Bertz CT molecular complexity index is 413. The highest BCUT2D eigenvalue weighted by Crippen LogP contribution is 2.09. The SMILES string of the molecule is CC(CNC(=O)C1CSCN1)COCc1ccccc1.Cl. The van der Waals surface area contributed by atoms with Gasteiger partial charge in [0.15, 0.2) is 0 Å². The van der Waals surface area contributed by atoms with Crippen LogP contribution in [0.15, 0.2) is 30.3 Å². The van der Waals surface area contributed by atoms with E-state index < -0.39 is 0 Å². The lowest BCUT2D eigenvalue weighted by molar-refractivity contribution is -0.122. The highest BCUT2D eigenvalue weighted by Gasteiger charge is 2.22. The van der Waals surface area contributed by atoms with Crippen LogP contribution in [0.5, 0.6) is 0 Å². The number of benzene rings is 1. The molecule has 1 aromatic carbocycles. The van der Waals surface area contributed by atoms with Crippen molar-refractivity contribution < 1.29 is 9.53 Å². The Labute approximate surface area is 136 Å². The van der Waals surface area contributed by atoms with Gasteiger partial charge in [0.05, 0.1) is 19.3 Å². The van der Waals surface area contributed by atoms with Crippen LogP contribution in [0.3, 0.4) is 0 Å². The van der Waals surface area contributed by atoms with Gasteiger partial charge in [0.1, 0.15) is 0 Å². The summed E-state index contributed by atoms with van der Waals surface area (Å²) in [5.41, 5.74) is 1.18. The van der Waals surface area contributed by atoms with Gasteiger partial charge in [0, 0.05) is 18.2 Å². The Hall–Kier alpha value is -0.750. The van der Waals surface area contributed by atoms with Crippen LogP contribution < -0.4 is 10.6 Å². The zero-order chi connectivity index (χ0) is 14.2. The van der Waals surface area contributed by atoms with Crippen LogP contribution in [-0.4, -0.2) is 36.7 Å². The zero-order valence-corrected chi connectivity index (χ0v) is 13.8. The summed E-state index contributed by atoms with van der Waals surface area (Å²) in [6.07, 6.45) is 0. The number of carbonyl (C=O) groups is 1. The highest BCUT2D eigenvalue weighted by atomic mass is 35.5. The normalized spacial score (nSPS) is 18.8. The molecule has 1 fully saturated rings. The van der Waals surface area contributed by atoms with Gasteiger partial charge in [-0.1, -0.05) is 37.3 Å². The summed E-state index contributed by atoms with van der Waals surface area (Å²) in [5.74, 6) is 2.15. The third-order valence-corrected chi connectivity index (χ3v) is 4.11. The van der Waals surface area contributed by atoms with Crippen LogP contribution in [0.4, 0.5) is 0 Å². The molecule has 1 amide bonds. The minimum Gasteiger partial charge on any atom is -0.376 e. The molecular weight excluding hydrogens is 308 g/mol. The molecule has 0 radical (unpaired) electrons. The summed E-state index contributed by atoms with van der Waals surface area (Å²) < 4.78 is 5.67. The summed E-state index contributed by atoms with van der Waals surface area (Å²) in [7, 11) is 0. The van der Waals surface area contributed by atoms with Gasteiger partial charge in [-0.2, -0.15) is 0 Å². The molecule has 2 unspecified atom stereocenters. The number of hydrogen-bond donors (Lipinski definition) is 2. The molecule has 1 aliphatic heterocycles. The van der Waals surface area contributed by atoms with E-state index in [1.165, 1.54) is 5.56 Å². The van der Waals surface area contributed by atoms with E-state index in [0.29, 0.717) is 25.7 Å². The third-order valence-electron chi connectivity index (χ3n) is 3.17. The summed E-state index contributed by atoms with van der Waals surface area (Å²) >= 11 is 1.76. The molecule has 21 heavy (non-hydrogen) atoms. The lowest BCUT2D eigenvalue weighted by atomic mass is 10.2. The number of halogens is 1. The Morgan fingerprint density at radius 2 is 2.24 bits per heavy atom. The molecule has 2 rings (SSSR count). The molecule has 0 saturated carbocycles. The first kappa shape index (κ1) is 18.3. The first-order valence-corrected chi connectivity index (χ1v) is 8.11. The lowest BCUT2D eigenvalue weighted by Gasteiger charge is -2.15. The predicted molar refractivity (Wildman–Crippen MR) is 89.8 cm³/mol. The van der Waals surface area contributed by atoms with Crippen LogP contribution in [0.1, 0.15) is 12.5 Å². The summed E-state index contributed by atoms with van der Waals surface area (Å²) in [6.45, 7) is 4.03. The van der Waals surface area contributed by atoms with Gasteiger partial charge in [0.25, 0.3) is 0 Å². The second-order valence-electron chi connectivity index (χ2n) is 5.12. The Morgan fingerprint density at radius 3 is 2.90 bits per heavy atom. The molecule has 0 aliphatic carbocycles. The van der Waals surface area contributed by atoms with Crippen LogP contribution >= 0.6 is 24.2 Å². The fraction of sp³-hybridized carbons (Fsp3) is 0.533. The first-order valence-electron chi connectivity index (χ1n) is 6.96. The summed E-state index contributed by atoms with van der Waals surface area (Å²) in [4.78, 5) is 11.8. The number of ether oxygens (including phenoxy) is 1. The minimum atomic E-state index is -0.0302. The summed E-state index contributed by atoms with van der Waals surface area (Å²) in [5, 5.41) is 6.14. The van der Waals surface area contributed by atoms with Gasteiger partial charge in [-0.25, -0.2) is 0 Å². The predicted octanol–water partition coefficient (Wildman–Crippen LogP) is 2.04. The van der Waals surface area contributed by atoms with Gasteiger partial charge in [-0.3, -0.25) is 10.1 Å². The lowest BCUT2D eigenvalue weighted by Crippen LogP contribution is -2.43. The maximum absolute atomic E-state index is 11.8. The number of rotatable bonds is 7. The molecule has 118 valence electrons. The van der Waals surface area contributed by atoms with Gasteiger partial charge in [0.2, 0.25) is 5.91 Å². The smallest absolute Gasteiger partial charge is 0.238 e. The molecule has 0 bridgehead atoms. The zero-order valence-electron chi connectivity index (χ0n) is 12.2. The Morgan fingerprint density at radius 1 is 1.48 bits per heavy atom. The molecule has 0 spiro atoms. The molecule has 1 aliphatic rings. The van der Waals surface area contributed by atoms with E-state index in [1.807, 2.05) is 18.2 Å². The van der Waals surface area contributed by atoms with Crippen molar-refractivity contribution in [3.05, 3.63) is 35.9 Å². The molecule has 0 aromatic heterocycles. The summed E-state index contributed by atoms with van der Waals surface area (Å²) in [6, 6.07) is 10.1. The van der Waals surface area contributed by atoms with E-state index in [2.05, 4.69) is 29.7 Å². The Kier molecular flexibility index (Phi) is 8.76. The van der Waals surface area contributed by atoms with Crippen molar-refractivity contribution >= 4 is 30.1 Å². The van der Waals surface area contributed by atoms with E-state index in [-0.39, 0.29) is 24.4 Å². The van der Waals surface area contributed by atoms with Crippen LogP contribution in [0.2, 0.25) is 0 Å². The number of hydrogen-bond acceptors (Lipinski definition) is 4. The van der Waals surface area contributed by atoms with Crippen molar-refractivity contribution in [3.8, 4) is 0 Å². The average Bonchev–Trinajstić information content (AvgIpc) is 3.00. The second kappa shape index (κ2) is 10.1. The molecule has 1 heterocycles. The third kappa shape index (κ3) is 6.70. The van der Waals surface area contributed by atoms with Gasteiger partial charge >= 0.3 is 0 Å². The maximum atomic E-state index is 11.8. The molecule has 6 heteroatoms. The maximum Gasteiger partial charge on any atom is 0.238 e. The second-order valence-corrected chi connectivity index (χ2v) is 6.15. The molecule has 2 N–H and O–H groups in total. The molecule has 2 atom stereocenters. The van der Waals surface area contributed by atoms with E-state index >= 15 is 0 Å². The standard InChI is InChI=1S/C15H22N2O2S.ClH/c1-12(7-16-15(18)14-10-20-11-17-14)8-19-9-13-5-3-2-4-6-13;/h2-6,12,14,17H,7-11H2,1H3,(H,16,18);1H. The van der Waals surface area contributed by atoms with Gasteiger partial charge < -0.3 is 10.1 Å². The number of amides is 1. The van der Waals surface area contributed by atoms with E-state index in [4.69, 9.17) is 4.74 Å². The topological polar surface area (TPSA) is 50.4 Å². The van der Waals surface area contributed by atoms with Crippen molar-refractivity contribution in [1.29, 1.82) is 0 Å². The number of nitrogens with one attached hydrogen (secondary N) is 2.